The second kappa shape index (κ2) is 11.6. The van der Waals surface area contributed by atoms with E-state index in [2.05, 4.69) is 43.7 Å². The van der Waals surface area contributed by atoms with Gasteiger partial charge in [-0.15, -0.1) is 35.3 Å². The van der Waals surface area contributed by atoms with E-state index < -0.39 is 0 Å². The number of halogens is 1. The van der Waals surface area contributed by atoms with Crippen LogP contribution in [0.2, 0.25) is 0 Å². The van der Waals surface area contributed by atoms with E-state index in [4.69, 9.17) is 4.74 Å². The summed E-state index contributed by atoms with van der Waals surface area (Å²) in [6.45, 7) is 5.83. The van der Waals surface area contributed by atoms with Gasteiger partial charge in [-0.25, -0.2) is 4.98 Å². The topological polar surface area (TPSA) is 61.8 Å². The molecule has 1 unspecified atom stereocenters. The summed E-state index contributed by atoms with van der Waals surface area (Å²) in [5, 5.41) is 7.97. The third-order valence-corrected chi connectivity index (χ3v) is 5.76. The van der Waals surface area contributed by atoms with Crippen LogP contribution in [0.1, 0.15) is 34.3 Å². The molecule has 2 aromatic rings. The molecular formula is C20H30IN5OS. The molecule has 2 N–H and O–H groups in total. The zero-order valence-electron chi connectivity index (χ0n) is 16.8. The molecule has 1 atom stereocenters. The summed E-state index contributed by atoms with van der Waals surface area (Å²) < 4.78 is 5.42. The lowest BCUT2D eigenvalue weighted by Gasteiger charge is -2.29. The number of guanidine groups is 1. The number of hydrogen-bond acceptors (Lipinski definition) is 5. The lowest BCUT2D eigenvalue weighted by atomic mass is 10.1. The minimum Gasteiger partial charge on any atom is -0.497 e. The number of nitrogens with one attached hydrogen (secondary N) is 2. The Labute approximate surface area is 188 Å². The van der Waals surface area contributed by atoms with Crippen LogP contribution in [0.3, 0.4) is 0 Å². The first kappa shape index (κ1) is 22.9. The molecule has 1 aromatic carbocycles. The van der Waals surface area contributed by atoms with Crippen LogP contribution in [0, 0.1) is 6.92 Å². The maximum absolute atomic E-state index is 5.42. The van der Waals surface area contributed by atoms with Gasteiger partial charge in [-0.1, -0.05) is 12.1 Å². The normalized spacial score (nSPS) is 15.8. The standard InChI is InChI=1S/C20H29N5OS.HI/c1-15-22-12-18(27-15)13-23-20(21-2)24-14-19(25-9-4-5-10-25)16-7-6-8-17(11-16)26-3;/h6-8,11-12,19H,4-5,9-10,13-14H2,1-3H3,(H2,21,23,24);1H. The van der Waals surface area contributed by atoms with Gasteiger partial charge in [0.1, 0.15) is 5.75 Å². The first-order valence-corrected chi connectivity index (χ1v) is 10.2. The highest BCUT2D eigenvalue weighted by atomic mass is 127. The Morgan fingerprint density at radius 1 is 1.32 bits per heavy atom. The molecule has 0 spiro atoms. The molecule has 0 aliphatic carbocycles. The summed E-state index contributed by atoms with van der Waals surface area (Å²) in [5.41, 5.74) is 1.28. The molecular weight excluding hydrogens is 485 g/mol. The van der Waals surface area contributed by atoms with E-state index in [-0.39, 0.29) is 24.0 Å². The zero-order valence-corrected chi connectivity index (χ0v) is 19.9. The molecule has 28 heavy (non-hydrogen) atoms. The van der Waals surface area contributed by atoms with Crippen molar-refractivity contribution in [3.05, 3.63) is 45.9 Å². The quantitative estimate of drug-likeness (QED) is 0.336. The van der Waals surface area contributed by atoms with Gasteiger partial charge in [-0.05, 0) is 50.6 Å². The van der Waals surface area contributed by atoms with E-state index in [9.17, 15) is 0 Å². The summed E-state index contributed by atoms with van der Waals surface area (Å²) in [6, 6.07) is 8.68. The highest BCUT2D eigenvalue weighted by molar-refractivity contribution is 14.0. The molecule has 0 radical (unpaired) electrons. The van der Waals surface area contributed by atoms with Crippen molar-refractivity contribution in [3.8, 4) is 5.75 Å². The number of aryl methyl sites for hydroxylation is 1. The van der Waals surface area contributed by atoms with Crippen molar-refractivity contribution < 1.29 is 4.74 Å². The number of aliphatic imine (C=N–C) groups is 1. The largest absolute Gasteiger partial charge is 0.497 e. The van der Waals surface area contributed by atoms with Gasteiger partial charge < -0.3 is 15.4 Å². The summed E-state index contributed by atoms with van der Waals surface area (Å²) in [7, 11) is 3.53. The lowest BCUT2D eigenvalue weighted by Crippen LogP contribution is -2.42. The maximum atomic E-state index is 5.42. The van der Waals surface area contributed by atoms with E-state index in [1.54, 1.807) is 18.4 Å². The number of methoxy groups -OCH3 is 1. The second-order valence-corrected chi connectivity index (χ2v) is 8.01. The molecule has 0 bridgehead atoms. The van der Waals surface area contributed by atoms with Crippen LogP contribution in [0.5, 0.6) is 5.75 Å². The Morgan fingerprint density at radius 2 is 2.11 bits per heavy atom. The maximum Gasteiger partial charge on any atom is 0.191 e. The van der Waals surface area contributed by atoms with Crippen LogP contribution in [0.4, 0.5) is 0 Å². The number of thiazole rings is 1. The third kappa shape index (κ3) is 6.31. The van der Waals surface area contributed by atoms with Crippen LogP contribution < -0.4 is 15.4 Å². The molecule has 3 rings (SSSR count). The van der Waals surface area contributed by atoms with Crippen molar-refractivity contribution in [1.29, 1.82) is 0 Å². The molecule has 0 amide bonds. The van der Waals surface area contributed by atoms with E-state index >= 15 is 0 Å². The molecule has 1 fully saturated rings. The van der Waals surface area contributed by atoms with Crippen LogP contribution in [-0.2, 0) is 6.54 Å². The SMILES string of the molecule is CN=C(NCc1cnc(C)s1)NCC(c1cccc(OC)c1)N1CCCC1.I. The second-order valence-electron chi connectivity index (χ2n) is 6.69. The predicted octanol–water partition coefficient (Wildman–Crippen LogP) is 3.58. The molecule has 154 valence electrons. The van der Waals surface area contributed by atoms with E-state index in [1.165, 1.54) is 23.3 Å². The number of likely N-dealkylation sites (tertiary alicyclic amines) is 1. The summed E-state index contributed by atoms with van der Waals surface area (Å²) >= 11 is 1.71. The first-order chi connectivity index (χ1) is 13.2. The minimum atomic E-state index is 0. The Morgan fingerprint density at radius 3 is 2.75 bits per heavy atom. The number of benzene rings is 1. The van der Waals surface area contributed by atoms with Gasteiger partial charge in [0.15, 0.2) is 5.96 Å². The Hall–Kier alpha value is -1.39. The molecule has 0 saturated carbocycles. The van der Waals surface area contributed by atoms with Crippen molar-refractivity contribution in [1.82, 2.24) is 20.5 Å². The molecule has 8 heteroatoms. The van der Waals surface area contributed by atoms with Crippen molar-refractivity contribution in [3.63, 3.8) is 0 Å². The van der Waals surface area contributed by atoms with Gasteiger partial charge >= 0.3 is 0 Å². The van der Waals surface area contributed by atoms with E-state index in [0.29, 0.717) is 6.04 Å². The Kier molecular flexibility index (Phi) is 9.46. The number of hydrogen-bond donors (Lipinski definition) is 2. The molecule has 1 saturated heterocycles. The van der Waals surface area contributed by atoms with Crippen molar-refractivity contribution >= 4 is 41.3 Å². The van der Waals surface area contributed by atoms with Crippen molar-refractivity contribution in [2.24, 2.45) is 4.99 Å². The van der Waals surface area contributed by atoms with Gasteiger partial charge in [-0.2, -0.15) is 0 Å². The zero-order chi connectivity index (χ0) is 19.1. The molecule has 1 aliphatic rings. The average molecular weight is 515 g/mol. The fourth-order valence-corrected chi connectivity index (χ4v) is 4.17. The van der Waals surface area contributed by atoms with Gasteiger partial charge in [0, 0.05) is 24.7 Å². The molecule has 6 nitrogen and oxygen atoms in total. The fraction of sp³-hybridized carbons (Fsp3) is 0.500. The minimum absolute atomic E-state index is 0. The van der Waals surface area contributed by atoms with Gasteiger partial charge in [0.05, 0.1) is 24.7 Å². The number of ether oxygens (including phenoxy) is 1. The Bertz CT molecular complexity index is 761. The van der Waals surface area contributed by atoms with Gasteiger partial charge in [0.2, 0.25) is 0 Å². The fourth-order valence-electron chi connectivity index (χ4n) is 3.43. The monoisotopic (exact) mass is 515 g/mol. The molecule has 1 aromatic heterocycles. The van der Waals surface area contributed by atoms with Crippen molar-refractivity contribution in [2.75, 3.05) is 33.8 Å². The summed E-state index contributed by atoms with van der Waals surface area (Å²) in [4.78, 5) is 12.4. The van der Waals surface area contributed by atoms with Gasteiger partial charge in [-0.3, -0.25) is 9.89 Å². The smallest absolute Gasteiger partial charge is 0.191 e. The van der Waals surface area contributed by atoms with E-state index in [0.717, 1.165) is 42.9 Å². The number of nitrogens with zero attached hydrogens (tertiary/aromatic N) is 3. The summed E-state index contributed by atoms with van der Waals surface area (Å²) in [5.74, 6) is 1.72. The van der Waals surface area contributed by atoms with E-state index in [1.807, 2.05) is 26.2 Å². The summed E-state index contributed by atoms with van der Waals surface area (Å²) in [6.07, 6.45) is 4.44. The third-order valence-electron chi connectivity index (χ3n) is 4.85. The van der Waals surface area contributed by atoms with Crippen LogP contribution >= 0.6 is 35.3 Å². The highest BCUT2D eigenvalue weighted by Gasteiger charge is 2.24. The molecule has 1 aliphatic heterocycles. The van der Waals surface area contributed by atoms with Crippen LogP contribution in [0.25, 0.3) is 0 Å². The Balaban J connectivity index is 0.00000280. The van der Waals surface area contributed by atoms with Crippen LogP contribution in [0.15, 0.2) is 35.5 Å². The number of rotatable bonds is 7. The van der Waals surface area contributed by atoms with Crippen molar-refractivity contribution in [2.45, 2.75) is 32.4 Å². The first-order valence-electron chi connectivity index (χ1n) is 9.43. The van der Waals surface area contributed by atoms with Crippen LogP contribution in [-0.4, -0.2) is 49.6 Å². The molecule has 2 heterocycles. The lowest BCUT2D eigenvalue weighted by molar-refractivity contribution is 0.245. The predicted molar refractivity (Wildman–Crippen MR) is 127 cm³/mol. The average Bonchev–Trinajstić information content (AvgIpc) is 3.36. The highest BCUT2D eigenvalue weighted by Crippen LogP contribution is 2.27. The number of aromatic nitrogens is 1. The van der Waals surface area contributed by atoms with Gasteiger partial charge in [0.25, 0.3) is 0 Å².